The zero-order valence-corrected chi connectivity index (χ0v) is 9.97. The molecule has 0 saturated heterocycles. The second kappa shape index (κ2) is 4.28. The minimum Gasteiger partial charge on any atom is -0.319 e. The minimum atomic E-state index is -0.565. The van der Waals surface area contributed by atoms with Crippen molar-refractivity contribution in [1.29, 1.82) is 0 Å². The molecule has 1 unspecified atom stereocenters. The summed E-state index contributed by atoms with van der Waals surface area (Å²) in [4.78, 5) is 16.6. The summed E-state index contributed by atoms with van der Waals surface area (Å²) in [5.41, 5.74) is 7.44. The number of carbonyl (C=O) groups is 1. The molecule has 0 spiro atoms. The first-order chi connectivity index (χ1) is 6.04. The first kappa shape index (κ1) is 13.4. The fourth-order valence-electron chi connectivity index (χ4n) is 0.660. The summed E-state index contributed by atoms with van der Waals surface area (Å²) in [5.74, 6) is -0.285. The third kappa shape index (κ3) is 5.19. The van der Waals surface area contributed by atoms with Crippen molar-refractivity contribution in [3.05, 3.63) is 0 Å². The summed E-state index contributed by atoms with van der Waals surface area (Å²) in [6, 6.07) is -0.565. The highest BCUT2D eigenvalue weighted by molar-refractivity contribution is 5.81. The molecule has 0 radical (unpaired) electrons. The standard InChI is InChI=1S/C10H22N2O2/c1-9(2,3)7(11)8(13)12-14-10(4,5)6/h7H,11H2,1-6H3,(H,12,13). The van der Waals surface area contributed by atoms with E-state index in [1.807, 2.05) is 41.5 Å². The SMILES string of the molecule is CC(C)(C)ONC(=O)C(N)C(C)(C)C. The normalized spacial score (nSPS) is 15.1. The molecule has 0 fully saturated rings. The van der Waals surface area contributed by atoms with Crippen molar-refractivity contribution in [2.45, 2.75) is 53.2 Å². The lowest BCUT2D eigenvalue weighted by atomic mass is 9.87. The van der Waals surface area contributed by atoms with E-state index in [9.17, 15) is 4.79 Å². The maximum atomic E-state index is 11.5. The van der Waals surface area contributed by atoms with Gasteiger partial charge >= 0.3 is 0 Å². The smallest absolute Gasteiger partial charge is 0.260 e. The Bertz CT molecular complexity index is 201. The van der Waals surface area contributed by atoms with Gasteiger partial charge in [-0.05, 0) is 26.2 Å². The van der Waals surface area contributed by atoms with Crippen molar-refractivity contribution in [3.8, 4) is 0 Å². The van der Waals surface area contributed by atoms with Crippen molar-refractivity contribution in [2.24, 2.45) is 11.1 Å². The van der Waals surface area contributed by atoms with Crippen molar-refractivity contribution >= 4 is 5.91 Å². The van der Waals surface area contributed by atoms with Gasteiger partial charge in [-0.2, -0.15) is 0 Å². The molecule has 4 nitrogen and oxygen atoms in total. The number of nitrogens with two attached hydrogens (primary N) is 1. The second-order valence-electron chi connectivity index (χ2n) is 5.52. The first-order valence-electron chi connectivity index (χ1n) is 4.77. The molecule has 1 atom stereocenters. The van der Waals surface area contributed by atoms with Crippen LogP contribution in [0.2, 0.25) is 0 Å². The Morgan fingerprint density at radius 3 is 1.93 bits per heavy atom. The van der Waals surface area contributed by atoms with Crippen LogP contribution in [-0.2, 0) is 9.63 Å². The Morgan fingerprint density at radius 2 is 1.64 bits per heavy atom. The van der Waals surface area contributed by atoms with Crippen LogP contribution in [-0.4, -0.2) is 17.6 Å². The van der Waals surface area contributed by atoms with Gasteiger partial charge in [0.1, 0.15) is 0 Å². The van der Waals surface area contributed by atoms with E-state index in [2.05, 4.69) is 5.48 Å². The molecule has 3 N–H and O–H groups in total. The molecule has 0 aromatic rings. The third-order valence-electron chi connectivity index (χ3n) is 1.67. The lowest BCUT2D eigenvalue weighted by Gasteiger charge is -2.27. The van der Waals surface area contributed by atoms with Crippen LogP contribution in [0, 0.1) is 5.41 Å². The number of hydrogen-bond donors (Lipinski definition) is 2. The van der Waals surface area contributed by atoms with E-state index in [1.54, 1.807) is 0 Å². The molecule has 0 saturated carbocycles. The van der Waals surface area contributed by atoms with Gasteiger partial charge in [0.2, 0.25) is 0 Å². The van der Waals surface area contributed by atoms with Crippen LogP contribution in [0.25, 0.3) is 0 Å². The van der Waals surface area contributed by atoms with E-state index in [1.165, 1.54) is 0 Å². The average Bonchev–Trinajstić information content (AvgIpc) is 1.95. The van der Waals surface area contributed by atoms with Crippen LogP contribution in [0.5, 0.6) is 0 Å². The number of nitrogens with one attached hydrogen (secondary N) is 1. The van der Waals surface area contributed by atoms with Gasteiger partial charge in [-0.25, -0.2) is 5.48 Å². The summed E-state index contributed by atoms with van der Waals surface area (Å²) >= 11 is 0. The Hall–Kier alpha value is -0.610. The van der Waals surface area contributed by atoms with Gasteiger partial charge in [0.25, 0.3) is 5.91 Å². The second-order valence-corrected chi connectivity index (χ2v) is 5.52. The Labute approximate surface area is 86.1 Å². The molecular weight excluding hydrogens is 180 g/mol. The number of hydrogen-bond acceptors (Lipinski definition) is 3. The van der Waals surface area contributed by atoms with Crippen LogP contribution in [0.4, 0.5) is 0 Å². The summed E-state index contributed by atoms with van der Waals surface area (Å²) in [6.45, 7) is 11.3. The van der Waals surface area contributed by atoms with Gasteiger partial charge in [-0.3, -0.25) is 9.63 Å². The molecule has 0 heterocycles. The van der Waals surface area contributed by atoms with Crippen molar-refractivity contribution in [2.75, 3.05) is 0 Å². The Morgan fingerprint density at radius 1 is 1.21 bits per heavy atom. The summed E-state index contributed by atoms with van der Waals surface area (Å²) in [6.07, 6.45) is 0. The van der Waals surface area contributed by atoms with Gasteiger partial charge in [0.05, 0.1) is 11.6 Å². The molecule has 0 aliphatic rings. The van der Waals surface area contributed by atoms with Gasteiger partial charge in [-0.1, -0.05) is 20.8 Å². The van der Waals surface area contributed by atoms with Crippen LogP contribution in [0.1, 0.15) is 41.5 Å². The molecule has 14 heavy (non-hydrogen) atoms. The zero-order valence-electron chi connectivity index (χ0n) is 9.97. The molecule has 0 aliphatic carbocycles. The van der Waals surface area contributed by atoms with E-state index in [4.69, 9.17) is 10.6 Å². The minimum absolute atomic E-state index is 0.259. The van der Waals surface area contributed by atoms with E-state index in [-0.39, 0.29) is 11.3 Å². The number of carbonyl (C=O) groups excluding carboxylic acids is 1. The van der Waals surface area contributed by atoms with Crippen molar-refractivity contribution in [3.63, 3.8) is 0 Å². The maximum absolute atomic E-state index is 11.5. The Kier molecular flexibility index (Phi) is 4.09. The molecular formula is C10H22N2O2. The van der Waals surface area contributed by atoms with Gasteiger partial charge in [0, 0.05) is 0 Å². The highest BCUT2D eigenvalue weighted by atomic mass is 16.7. The van der Waals surface area contributed by atoms with E-state index < -0.39 is 11.6 Å². The third-order valence-corrected chi connectivity index (χ3v) is 1.67. The number of amides is 1. The van der Waals surface area contributed by atoms with Crippen molar-refractivity contribution < 1.29 is 9.63 Å². The highest BCUT2D eigenvalue weighted by Crippen LogP contribution is 2.17. The lowest BCUT2D eigenvalue weighted by Crippen LogP contribution is -2.50. The predicted octanol–water partition coefficient (Wildman–Crippen LogP) is 1.21. The van der Waals surface area contributed by atoms with Crippen LogP contribution in [0.3, 0.4) is 0 Å². The zero-order chi connectivity index (χ0) is 11.6. The van der Waals surface area contributed by atoms with Gasteiger partial charge in [0.15, 0.2) is 0 Å². The fraction of sp³-hybridized carbons (Fsp3) is 0.900. The largest absolute Gasteiger partial charge is 0.319 e. The molecule has 84 valence electrons. The molecule has 1 amide bonds. The van der Waals surface area contributed by atoms with Crippen LogP contribution in [0.15, 0.2) is 0 Å². The number of rotatable bonds is 2. The molecule has 0 aliphatic heterocycles. The summed E-state index contributed by atoms with van der Waals surface area (Å²) in [5, 5.41) is 0. The summed E-state index contributed by atoms with van der Waals surface area (Å²) in [7, 11) is 0. The van der Waals surface area contributed by atoms with Crippen LogP contribution >= 0.6 is 0 Å². The molecule has 0 aromatic carbocycles. The lowest BCUT2D eigenvalue weighted by molar-refractivity contribution is -0.149. The van der Waals surface area contributed by atoms with E-state index >= 15 is 0 Å². The number of hydroxylamine groups is 1. The fourth-order valence-corrected chi connectivity index (χ4v) is 0.660. The molecule has 0 bridgehead atoms. The molecule has 0 aromatic heterocycles. The maximum Gasteiger partial charge on any atom is 0.260 e. The Balaban J connectivity index is 4.11. The quantitative estimate of drug-likeness (QED) is 0.661. The molecule has 0 rings (SSSR count). The predicted molar refractivity (Wildman–Crippen MR) is 56.4 cm³/mol. The van der Waals surface area contributed by atoms with E-state index in [0.29, 0.717) is 0 Å². The monoisotopic (exact) mass is 202 g/mol. The summed E-state index contributed by atoms with van der Waals surface area (Å²) < 4.78 is 0. The van der Waals surface area contributed by atoms with Gasteiger partial charge < -0.3 is 5.73 Å². The highest BCUT2D eigenvalue weighted by Gasteiger charge is 2.28. The first-order valence-corrected chi connectivity index (χ1v) is 4.77. The average molecular weight is 202 g/mol. The topological polar surface area (TPSA) is 64.3 Å². The van der Waals surface area contributed by atoms with E-state index in [0.717, 1.165) is 0 Å². The molecule has 4 heteroatoms. The van der Waals surface area contributed by atoms with Crippen LogP contribution < -0.4 is 11.2 Å². The van der Waals surface area contributed by atoms with Crippen molar-refractivity contribution in [1.82, 2.24) is 5.48 Å². The van der Waals surface area contributed by atoms with Gasteiger partial charge in [-0.15, -0.1) is 0 Å².